The van der Waals surface area contributed by atoms with Crippen LogP contribution in [0, 0.1) is 5.92 Å². The van der Waals surface area contributed by atoms with Crippen molar-refractivity contribution in [1.29, 1.82) is 0 Å². The van der Waals surface area contributed by atoms with E-state index in [1.807, 2.05) is 24.3 Å². The van der Waals surface area contributed by atoms with Crippen LogP contribution in [0.1, 0.15) is 25.7 Å². The SMILES string of the molecule is O=C(NCCCC1CC1)C1CNc2ccccc2O1. The van der Waals surface area contributed by atoms with Gasteiger partial charge in [0.15, 0.2) is 6.10 Å². The van der Waals surface area contributed by atoms with Crippen molar-refractivity contribution >= 4 is 11.6 Å². The highest BCUT2D eigenvalue weighted by Crippen LogP contribution is 2.33. The molecule has 4 heteroatoms. The number of para-hydroxylation sites is 2. The van der Waals surface area contributed by atoms with Crippen LogP contribution in [0.15, 0.2) is 24.3 Å². The lowest BCUT2D eigenvalue weighted by atomic mass is 10.2. The van der Waals surface area contributed by atoms with Crippen molar-refractivity contribution < 1.29 is 9.53 Å². The van der Waals surface area contributed by atoms with Gasteiger partial charge in [-0.3, -0.25) is 4.79 Å². The maximum Gasteiger partial charge on any atom is 0.262 e. The number of anilines is 1. The zero-order valence-corrected chi connectivity index (χ0v) is 11.0. The fourth-order valence-electron chi connectivity index (χ4n) is 2.38. The Bertz CT molecular complexity index is 457. The number of fused-ring (bicyclic) bond motifs is 1. The van der Waals surface area contributed by atoms with Crippen LogP contribution in [0.3, 0.4) is 0 Å². The molecule has 2 aliphatic rings. The van der Waals surface area contributed by atoms with Crippen molar-refractivity contribution in [3.8, 4) is 5.75 Å². The molecule has 3 rings (SSSR count). The molecule has 1 aromatic rings. The van der Waals surface area contributed by atoms with Gasteiger partial charge in [0.05, 0.1) is 12.2 Å². The topological polar surface area (TPSA) is 50.4 Å². The third kappa shape index (κ3) is 3.19. The van der Waals surface area contributed by atoms with Gasteiger partial charge in [-0.25, -0.2) is 0 Å². The standard InChI is InChI=1S/C15H20N2O2/c18-15(16-9-3-4-11-7-8-11)14-10-17-12-5-1-2-6-13(12)19-14/h1-2,5-6,11,14,17H,3-4,7-10H2,(H,16,18). The molecule has 0 aromatic heterocycles. The Kier molecular flexibility index (Phi) is 3.58. The number of ether oxygens (including phenoxy) is 1. The molecule has 1 unspecified atom stereocenters. The third-order valence-electron chi connectivity index (χ3n) is 3.71. The lowest BCUT2D eigenvalue weighted by Gasteiger charge is -2.26. The van der Waals surface area contributed by atoms with Gasteiger partial charge in [-0.2, -0.15) is 0 Å². The highest BCUT2D eigenvalue weighted by atomic mass is 16.5. The van der Waals surface area contributed by atoms with Gasteiger partial charge in [0.1, 0.15) is 5.75 Å². The maximum absolute atomic E-state index is 12.0. The Morgan fingerprint density at radius 3 is 3.05 bits per heavy atom. The molecule has 0 spiro atoms. The largest absolute Gasteiger partial charge is 0.477 e. The van der Waals surface area contributed by atoms with E-state index in [0.29, 0.717) is 6.54 Å². The average Bonchev–Trinajstić information content (AvgIpc) is 3.27. The predicted molar refractivity (Wildman–Crippen MR) is 74.3 cm³/mol. The first-order valence-electron chi connectivity index (χ1n) is 7.10. The number of hydrogen-bond acceptors (Lipinski definition) is 3. The molecule has 1 atom stereocenters. The van der Waals surface area contributed by atoms with Crippen molar-refractivity contribution in [1.82, 2.24) is 5.32 Å². The van der Waals surface area contributed by atoms with Gasteiger partial charge in [-0.1, -0.05) is 25.0 Å². The Labute approximate surface area is 113 Å². The Morgan fingerprint density at radius 2 is 2.21 bits per heavy atom. The second kappa shape index (κ2) is 5.51. The molecular weight excluding hydrogens is 240 g/mol. The molecule has 1 amide bonds. The second-order valence-electron chi connectivity index (χ2n) is 5.36. The summed E-state index contributed by atoms with van der Waals surface area (Å²) in [6, 6.07) is 7.71. The normalized spacial score (nSPS) is 20.9. The average molecular weight is 260 g/mol. The number of rotatable bonds is 5. The number of benzene rings is 1. The summed E-state index contributed by atoms with van der Waals surface area (Å²) in [7, 11) is 0. The van der Waals surface area contributed by atoms with Gasteiger partial charge < -0.3 is 15.4 Å². The molecule has 1 aliphatic heterocycles. The lowest BCUT2D eigenvalue weighted by Crippen LogP contribution is -2.44. The monoisotopic (exact) mass is 260 g/mol. The first-order chi connectivity index (χ1) is 9.33. The van der Waals surface area contributed by atoms with E-state index in [-0.39, 0.29) is 5.91 Å². The van der Waals surface area contributed by atoms with Crippen LogP contribution in [0.4, 0.5) is 5.69 Å². The smallest absolute Gasteiger partial charge is 0.262 e. The molecular formula is C15H20N2O2. The van der Waals surface area contributed by atoms with E-state index in [0.717, 1.165) is 30.3 Å². The summed E-state index contributed by atoms with van der Waals surface area (Å²) in [5.41, 5.74) is 0.959. The number of hydrogen-bond donors (Lipinski definition) is 2. The Balaban J connectivity index is 1.45. The van der Waals surface area contributed by atoms with Crippen LogP contribution < -0.4 is 15.4 Å². The summed E-state index contributed by atoms with van der Waals surface area (Å²) in [4.78, 5) is 12.0. The molecule has 0 saturated heterocycles. The lowest BCUT2D eigenvalue weighted by molar-refractivity contribution is -0.127. The van der Waals surface area contributed by atoms with Crippen LogP contribution in [0.25, 0.3) is 0 Å². The van der Waals surface area contributed by atoms with Crippen LogP contribution in [0.5, 0.6) is 5.75 Å². The molecule has 1 fully saturated rings. The van der Waals surface area contributed by atoms with Gasteiger partial charge in [0.2, 0.25) is 0 Å². The zero-order chi connectivity index (χ0) is 13.1. The highest BCUT2D eigenvalue weighted by Gasteiger charge is 2.25. The van der Waals surface area contributed by atoms with Crippen LogP contribution in [0.2, 0.25) is 0 Å². The zero-order valence-electron chi connectivity index (χ0n) is 11.0. The van der Waals surface area contributed by atoms with E-state index in [9.17, 15) is 4.79 Å². The molecule has 102 valence electrons. The molecule has 2 N–H and O–H groups in total. The summed E-state index contributed by atoms with van der Waals surface area (Å²) in [5, 5.41) is 6.19. The number of carbonyl (C=O) groups excluding carboxylic acids is 1. The molecule has 1 aromatic carbocycles. The van der Waals surface area contributed by atoms with E-state index in [2.05, 4.69) is 10.6 Å². The summed E-state index contributed by atoms with van der Waals surface area (Å²) < 4.78 is 5.71. The second-order valence-corrected chi connectivity index (χ2v) is 5.36. The minimum atomic E-state index is -0.421. The van der Waals surface area contributed by atoms with Gasteiger partial charge in [-0.15, -0.1) is 0 Å². The molecule has 1 saturated carbocycles. The first-order valence-corrected chi connectivity index (χ1v) is 7.10. The van der Waals surface area contributed by atoms with E-state index in [1.165, 1.54) is 19.3 Å². The van der Waals surface area contributed by atoms with Crippen molar-refractivity contribution in [3.05, 3.63) is 24.3 Å². The fraction of sp³-hybridized carbons (Fsp3) is 0.533. The summed E-state index contributed by atoms with van der Waals surface area (Å²) >= 11 is 0. The van der Waals surface area contributed by atoms with E-state index >= 15 is 0 Å². The minimum absolute atomic E-state index is 0.0159. The minimum Gasteiger partial charge on any atom is -0.477 e. The van der Waals surface area contributed by atoms with Crippen molar-refractivity contribution in [2.45, 2.75) is 31.8 Å². The molecule has 0 bridgehead atoms. The van der Waals surface area contributed by atoms with Crippen molar-refractivity contribution in [3.63, 3.8) is 0 Å². The van der Waals surface area contributed by atoms with E-state index in [1.54, 1.807) is 0 Å². The molecule has 0 radical (unpaired) electrons. The number of carbonyl (C=O) groups is 1. The number of amides is 1. The van der Waals surface area contributed by atoms with Gasteiger partial charge >= 0.3 is 0 Å². The summed E-state index contributed by atoms with van der Waals surface area (Å²) in [6.45, 7) is 1.29. The van der Waals surface area contributed by atoms with Gasteiger partial charge in [0.25, 0.3) is 5.91 Å². The Hall–Kier alpha value is -1.71. The molecule has 1 heterocycles. The highest BCUT2D eigenvalue weighted by molar-refractivity contribution is 5.83. The predicted octanol–water partition coefficient (Wildman–Crippen LogP) is 2.17. The van der Waals surface area contributed by atoms with Crippen LogP contribution in [-0.2, 0) is 4.79 Å². The fourth-order valence-corrected chi connectivity index (χ4v) is 2.38. The molecule has 4 nitrogen and oxygen atoms in total. The summed E-state index contributed by atoms with van der Waals surface area (Å²) in [6.07, 6.45) is 4.65. The maximum atomic E-state index is 12.0. The van der Waals surface area contributed by atoms with Crippen molar-refractivity contribution in [2.75, 3.05) is 18.4 Å². The quantitative estimate of drug-likeness (QED) is 0.798. The van der Waals surface area contributed by atoms with Crippen molar-refractivity contribution in [2.24, 2.45) is 5.92 Å². The number of nitrogens with one attached hydrogen (secondary N) is 2. The van der Waals surface area contributed by atoms with Gasteiger partial charge in [-0.05, 0) is 30.9 Å². The van der Waals surface area contributed by atoms with Gasteiger partial charge in [0, 0.05) is 6.54 Å². The third-order valence-corrected chi connectivity index (χ3v) is 3.71. The van der Waals surface area contributed by atoms with E-state index < -0.39 is 6.10 Å². The molecule has 1 aliphatic carbocycles. The summed E-state index contributed by atoms with van der Waals surface area (Å²) in [5.74, 6) is 1.67. The van der Waals surface area contributed by atoms with E-state index in [4.69, 9.17) is 4.74 Å². The van der Waals surface area contributed by atoms with Crippen LogP contribution >= 0.6 is 0 Å². The Morgan fingerprint density at radius 1 is 1.37 bits per heavy atom. The molecule has 19 heavy (non-hydrogen) atoms. The first kappa shape index (κ1) is 12.3. The van der Waals surface area contributed by atoms with Crippen LogP contribution in [-0.4, -0.2) is 25.1 Å².